The average molecular weight is 246 g/mol. The maximum absolute atomic E-state index is 5.39. The molecule has 0 amide bonds. The van der Waals surface area contributed by atoms with Crippen LogP contribution in [0.3, 0.4) is 0 Å². The van der Waals surface area contributed by atoms with E-state index in [1.54, 1.807) is 0 Å². The van der Waals surface area contributed by atoms with E-state index in [1.165, 1.54) is 36.1 Å². The Labute approximate surface area is 109 Å². The summed E-state index contributed by atoms with van der Waals surface area (Å²) in [6.07, 6.45) is 3.58. The minimum atomic E-state index is 0.795. The van der Waals surface area contributed by atoms with Crippen LogP contribution in [0.25, 0.3) is 0 Å². The van der Waals surface area contributed by atoms with E-state index in [2.05, 4.69) is 28.8 Å². The van der Waals surface area contributed by atoms with E-state index in [1.807, 2.05) is 0 Å². The average Bonchev–Trinajstić information content (AvgIpc) is 2.89. The summed E-state index contributed by atoms with van der Waals surface area (Å²) in [5.41, 5.74) is 4.26. The number of nitrogens with one attached hydrogen (secondary N) is 2. The Morgan fingerprint density at radius 3 is 3.06 bits per heavy atom. The van der Waals surface area contributed by atoms with E-state index in [9.17, 15) is 0 Å². The van der Waals surface area contributed by atoms with Crippen LogP contribution >= 0.6 is 0 Å². The molecule has 2 heterocycles. The Bertz CT molecular complexity index is 399. The first-order chi connectivity index (χ1) is 8.93. The number of hydrogen-bond donors (Lipinski definition) is 2. The zero-order chi connectivity index (χ0) is 12.2. The third-order valence-electron chi connectivity index (χ3n) is 4.02. The Kier molecular flexibility index (Phi) is 3.81. The van der Waals surface area contributed by atoms with Crippen molar-refractivity contribution >= 4 is 5.69 Å². The molecule has 2 aliphatic heterocycles. The Hall–Kier alpha value is -1.06. The predicted molar refractivity (Wildman–Crippen MR) is 73.9 cm³/mol. The molecular weight excluding hydrogens is 224 g/mol. The van der Waals surface area contributed by atoms with Crippen LogP contribution in [0.15, 0.2) is 18.2 Å². The van der Waals surface area contributed by atoms with Crippen LogP contribution in [0.1, 0.15) is 24.0 Å². The van der Waals surface area contributed by atoms with E-state index < -0.39 is 0 Å². The molecule has 0 aromatic heterocycles. The molecular formula is C15H22N2O. The maximum Gasteiger partial charge on any atom is 0.0469 e. The highest BCUT2D eigenvalue weighted by Crippen LogP contribution is 2.26. The summed E-state index contributed by atoms with van der Waals surface area (Å²) in [7, 11) is 0. The molecule has 0 atom stereocenters. The van der Waals surface area contributed by atoms with Crippen LogP contribution in [0.4, 0.5) is 5.69 Å². The summed E-state index contributed by atoms with van der Waals surface area (Å²) in [5.74, 6) is 0.795. The highest BCUT2D eigenvalue weighted by molar-refractivity contribution is 5.61. The number of benzene rings is 1. The van der Waals surface area contributed by atoms with Crippen LogP contribution in [-0.2, 0) is 17.7 Å². The molecule has 1 fully saturated rings. The second-order valence-electron chi connectivity index (χ2n) is 5.31. The lowest BCUT2D eigenvalue weighted by atomic mass is 10.0. The summed E-state index contributed by atoms with van der Waals surface area (Å²) < 4.78 is 5.39. The lowest BCUT2D eigenvalue weighted by molar-refractivity contribution is 0.0662. The highest BCUT2D eigenvalue weighted by Gasteiger charge is 2.15. The zero-order valence-corrected chi connectivity index (χ0v) is 10.9. The van der Waals surface area contributed by atoms with Crippen molar-refractivity contribution in [3.05, 3.63) is 29.3 Å². The third-order valence-corrected chi connectivity index (χ3v) is 4.02. The van der Waals surface area contributed by atoms with Crippen molar-refractivity contribution in [2.24, 2.45) is 5.92 Å². The topological polar surface area (TPSA) is 33.3 Å². The molecule has 0 saturated carbocycles. The van der Waals surface area contributed by atoms with Crippen LogP contribution in [0.5, 0.6) is 0 Å². The molecule has 98 valence electrons. The van der Waals surface area contributed by atoms with Gasteiger partial charge in [0.2, 0.25) is 0 Å². The van der Waals surface area contributed by atoms with Gasteiger partial charge in [-0.2, -0.15) is 0 Å². The van der Waals surface area contributed by atoms with Crippen molar-refractivity contribution < 1.29 is 4.74 Å². The van der Waals surface area contributed by atoms with Crippen molar-refractivity contribution in [2.45, 2.75) is 25.8 Å². The van der Waals surface area contributed by atoms with Gasteiger partial charge in [0.15, 0.2) is 0 Å². The number of anilines is 1. The van der Waals surface area contributed by atoms with Crippen LogP contribution < -0.4 is 10.6 Å². The van der Waals surface area contributed by atoms with Gasteiger partial charge in [0.1, 0.15) is 0 Å². The van der Waals surface area contributed by atoms with E-state index in [4.69, 9.17) is 4.74 Å². The lowest BCUT2D eigenvalue weighted by Gasteiger charge is -2.22. The normalized spacial score (nSPS) is 19.6. The maximum atomic E-state index is 5.39. The van der Waals surface area contributed by atoms with Gasteiger partial charge in [-0.15, -0.1) is 0 Å². The summed E-state index contributed by atoms with van der Waals surface area (Å²) in [4.78, 5) is 0. The summed E-state index contributed by atoms with van der Waals surface area (Å²) >= 11 is 0. The van der Waals surface area contributed by atoms with Crippen molar-refractivity contribution in [3.63, 3.8) is 0 Å². The van der Waals surface area contributed by atoms with E-state index in [-0.39, 0.29) is 0 Å². The Morgan fingerprint density at radius 2 is 2.17 bits per heavy atom. The zero-order valence-electron chi connectivity index (χ0n) is 10.9. The number of hydrogen-bond acceptors (Lipinski definition) is 3. The van der Waals surface area contributed by atoms with Gasteiger partial charge in [0, 0.05) is 32.0 Å². The molecule has 1 aromatic rings. The summed E-state index contributed by atoms with van der Waals surface area (Å²) in [5, 5.41) is 7.10. The highest BCUT2D eigenvalue weighted by atomic mass is 16.5. The van der Waals surface area contributed by atoms with Gasteiger partial charge in [0.25, 0.3) is 0 Å². The van der Waals surface area contributed by atoms with Crippen molar-refractivity contribution in [1.29, 1.82) is 0 Å². The lowest BCUT2D eigenvalue weighted by Crippen LogP contribution is -2.27. The van der Waals surface area contributed by atoms with Crippen molar-refractivity contribution in [1.82, 2.24) is 5.32 Å². The molecule has 3 nitrogen and oxygen atoms in total. The van der Waals surface area contributed by atoms with Gasteiger partial charge in [0.05, 0.1) is 0 Å². The van der Waals surface area contributed by atoms with Crippen LogP contribution in [0.2, 0.25) is 0 Å². The van der Waals surface area contributed by atoms with Gasteiger partial charge in [-0.25, -0.2) is 0 Å². The third kappa shape index (κ3) is 2.68. The van der Waals surface area contributed by atoms with Gasteiger partial charge in [-0.1, -0.05) is 18.2 Å². The van der Waals surface area contributed by atoms with E-state index in [0.29, 0.717) is 0 Å². The monoisotopic (exact) mass is 246 g/mol. The van der Waals surface area contributed by atoms with E-state index >= 15 is 0 Å². The second-order valence-corrected chi connectivity index (χ2v) is 5.31. The molecule has 0 aliphatic carbocycles. The first-order valence-corrected chi connectivity index (χ1v) is 7.06. The van der Waals surface area contributed by atoms with Crippen LogP contribution in [0, 0.1) is 5.92 Å². The van der Waals surface area contributed by atoms with Gasteiger partial charge in [-0.05, 0) is 42.9 Å². The molecule has 0 radical (unpaired) electrons. The Balaban J connectivity index is 1.52. The standard InChI is InChI=1S/C15H22N2O/c1-2-13-4-7-17-15(13)14(3-1)11-16-10-12-5-8-18-9-6-12/h1-3,12,16-17H,4-11H2. The predicted octanol–water partition coefficient (Wildman–Crippen LogP) is 2.17. The van der Waals surface area contributed by atoms with Gasteiger partial charge >= 0.3 is 0 Å². The number of rotatable bonds is 4. The number of fused-ring (bicyclic) bond motifs is 1. The second kappa shape index (κ2) is 5.72. The molecule has 3 rings (SSSR count). The van der Waals surface area contributed by atoms with Gasteiger partial charge < -0.3 is 15.4 Å². The smallest absolute Gasteiger partial charge is 0.0469 e. The van der Waals surface area contributed by atoms with Crippen molar-refractivity contribution in [2.75, 3.05) is 31.6 Å². The molecule has 0 unspecified atom stereocenters. The molecule has 1 saturated heterocycles. The fraction of sp³-hybridized carbons (Fsp3) is 0.600. The molecule has 3 heteroatoms. The van der Waals surface area contributed by atoms with Crippen LogP contribution in [-0.4, -0.2) is 26.3 Å². The molecule has 1 aromatic carbocycles. The molecule has 18 heavy (non-hydrogen) atoms. The molecule has 0 spiro atoms. The molecule has 2 N–H and O–H groups in total. The summed E-state index contributed by atoms with van der Waals surface area (Å²) in [6.45, 7) is 5.07. The molecule has 0 bridgehead atoms. The minimum absolute atomic E-state index is 0.795. The van der Waals surface area contributed by atoms with Gasteiger partial charge in [-0.3, -0.25) is 0 Å². The quantitative estimate of drug-likeness (QED) is 0.854. The van der Waals surface area contributed by atoms with E-state index in [0.717, 1.165) is 38.8 Å². The SMILES string of the molecule is c1cc2c(c(CNCC3CCOCC3)c1)NCC2. The molecule has 2 aliphatic rings. The van der Waals surface area contributed by atoms with Crippen molar-refractivity contribution in [3.8, 4) is 0 Å². The first kappa shape index (κ1) is 12.0. The number of ether oxygens (including phenoxy) is 1. The Morgan fingerprint density at radius 1 is 1.28 bits per heavy atom. The largest absolute Gasteiger partial charge is 0.384 e. The summed E-state index contributed by atoms with van der Waals surface area (Å²) in [6, 6.07) is 6.64. The fourth-order valence-corrected chi connectivity index (χ4v) is 2.92. The minimum Gasteiger partial charge on any atom is -0.384 e. The first-order valence-electron chi connectivity index (χ1n) is 7.06. The number of para-hydroxylation sites is 1. The fourth-order valence-electron chi connectivity index (χ4n) is 2.92.